The van der Waals surface area contributed by atoms with E-state index in [1.807, 2.05) is 19.9 Å². The summed E-state index contributed by atoms with van der Waals surface area (Å²) in [6, 6.07) is 4.00. The minimum Gasteiger partial charge on any atom is -0.281 e. The Kier molecular flexibility index (Phi) is 8.17. The van der Waals surface area contributed by atoms with Crippen LogP contribution in [0.4, 0.5) is 8.78 Å². The molecule has 1 aromatic heterocycles. The van der Waals surface area contributed by atoms with Crippen LogP contribution in [-0.2, 0) is 13.0 Å². The summed E-state index contributed by atoms with van der Waals surface area (Å²) in [5.41, 5.74) is 1.74. The van der Waals surface area contributed by atoms with Crippen LogP contribution in [0.3, 0.4) is 0 Å². The van der Waals surface area contributed by atoms with E-state index in [1.54, 1.807) is 10.9 Å². The second-order valence-electron chi connectivity index (χ2n) is 6.55. The number of benzene rings is 1. The Morgan fingerprint density at radius 3 is 2.64 bits per heavy atom. The molecule has 1 atom stereocenters. The van der Waals surface area contributed by atoms with E-state index in [4.69, 9.17) is 0 Å². The zero-order valence-electron chi connectivity index (χ0n) is 16.7. The maximum Gasteiger partial charge on any atom is 0.178 e. The van der Waals surface area contributed by atoms with E-state index >= 15 is 0 Å². The fraction of sp³-hybridized carbons (Fsp3) is 0.429. The summed E-state index contributed by atoms with van der Waals surface area (Å²) >= 11 is 0. The molecule has 0 aliphatic carbocycles. The molecular formula is C21H27F2N5. The SMILES string of the molecule is C/C=C(\C)C1CCC(c2c(F)cccc2F)=N1.C=CCc1nnn(CCC)n1. The standard InChI is InChI=1S/C14H15F2N.C7H12N4/c1-3-9(2)12-7-8-13(17-12)14-10(15)5-4-6-11(14)16;1-3-5-7-8-10-11(9-7)6-4-2/h3-6,12H,7-8H2,1-2H3;3H,1,4-6H2,2H3/b9-3+;. The fourth-order valence-electron chi connectivity index (χ4n) is 2.86. The number of aryl methyl sites for hydroxylation is 1. The number of aromatic nitrogens is 4. The van der Waals surface area contributed by atoms with Gasteiger partial charge in [0.05, 0.1) is 18.2 Å². The molecule has 2 aromatic rings. The molecule has 3 rings (SSSR count). The van der Waals surface area contributed by atoms with Gasteiger partial charge in [-0.25, -0.2) is 8.78 Å². The molecular weight excluding hydrogens is 360 g/mol. The molecule has 0 N–H and O–H groups in total. The molecule has 0 amide bonds. The van der Waals surface area contributed by atoms with Crippen LogP contribution in [0.25, 0.3) is 0 Å². The molecule has 1 aromatic carbocycles. The Balaban J connectivity index is 0.000000221. The summed E-state index contributed by atoms with van der Waals surface area (Å²) in [7, 11) is 0. The van der Waals surface area contributed by atoms with Gasteiger partial charge < -0.3 is 0 Å². The highest BCUT2D eigenvalue weighted by Gasteiger charge is 2.23. The lowest BCUT2D eigenvalue weighted by Gasteiger charge is -2.05. The van der Waals surface area contributed by atoms with Gasteiger partial charge in [0.25, 0.3) is 0 Å². The van der Waals surface area contributed by atoms with Crippen LogP contribution < -0.4 is 0 Å². The van der Waals surface area contributed by atoms with E-state index in [0.29, 0.717) is 18.6 Å². The van der Waals surface area contributed by atoms with E-state index < -0.39 is 11.6 Å². The molecule has 7 heteroatoms. The Morgan fingerprint density at radius 2 is 2.04 bits per heavy atom. The highest BCUT2D eigenvalue weighted by molar-refractivity contribution is 6.02. The monoisotopic (exact) mass is 387 g/mol. The van der Waals surface area contributed by atoms with E-state index in [1.165, 1.54) is 18.2 Å². The van der Waals surface area contributed by atoms with Crippen molar-refractivity contribution in [3.8, 4) is 0 Å². The maximum absolute atomic E-state index is 13.6. The first-order valence-electron chi connectivity index (χ1n) is 9.51. The molecule has 0 bridgehead atoms. The second kappa shape index (κ2) is 10.6. The van der Waals surface area contributed by atoms with Crippen molar-refractivity contribution in [3.63, 3.8) is 0 Å². The summed E-state index contributed by atoms with van der Waals surface area (Å²) < 4.78 is 27.2. The predicted molar refractivity (Wildman–Crippen MR) is 107 cm³/mol. The summed E-state index contributed by atoms with van der Waals surface area (Å²) in [6.45, 7) is 10.5. The number of nitrogens with zero attached hydrogens (tertiary/aromatic N) is 5. The summed E-state index contributed by atoms with van der Waals surface area (Å²) in [4.78, 5) is 6.03. The van der Waals surface area contributed by atoms with Crippen LogP contribution in [0, 0.1) is 11.6 Å². The van der Waals surface area contributed by atoms with Crippen LogP contribution in [0.15, 0.2) is 47.5 Å². The molecule has 0 saturated carbocycles. The Bertz CT molecular complexity index is 834. The number of hydrogen-bond acceptors (Lipinski definition) is 4. The van der Waals surface area contributed by atoms with Crippen LogP contribution in [0.5, 0.6) is 0 Å². The lowest BCUT2D eigenvalue weighted by molar-refractivity contribution is 0.513. The molecule has 1 aliphatic heterocycles. The van der Waals surface area contributed by atoms with Crippen molar-refractivity contribution in [1.82, 2.24) is 20.2 Å². The van der Waals surface area contributed by atoms with E-state index in [9.17, 15) is 8.78 Å². The van der Waals surface area contributed by atoms with E-state index in [-0.39, 0.29) is 11.6 Å². The van der Waals surface area contributed by atoms with Crippen LogP contribution >= 0.6 is 0 Å². The van der Waals surface area contributed by atoms with Gasteiger partial charge in [-0.15, -0.1) is 16.8 Å². The Hall–Kier alpha value is -2.70. The summed E-state index contributed by atoms with van der Waals surface area (Å²) in [5, 5.41) is 11.8. The average Bonchev–Trinajstić information content (AvgIpc) is 3.32. The van der Waals surface area contributed by atoms with Gasteiger partial charge in [-0.05, 0) is 50.5 Å². The lowest BCUT2D eigenvalue weighted by Crippen LogP contribution is -2.04. The lowest BCUT2D eigenvalue weighted by atomic mass is 10.0. The van der Waals surface area contributed by atoms with Gasteiger partial charge in [0.15, 0.2) is 5.82 Å². The molecule has 1 aliphatic rings. The molecule has 5 nitrogen and oxygen atoms in total. The van der Waals surface area contributed by atoms with Gasteiger partial charge in [-0.2, -0.15) is 4.80 Å². The summed E-state index contributed by atoms with van der Waals surface area (Å²) in [5.74, 6) is -0.307. The largest absolute Gasteiger partial charge is 0.281 e. The number of rotatable bonds is 6. The molecule has 1 unspecified atom stereocenters. The molecule has 0 saturated heterocycles. The smallest absolute Gasteiger partial charge is 0.178 e. The first-order chi connectivity index (χ1) is 13.5. The van der Waals surface area contributed by atoms with Crippen molar-refractivity contribution in [2.45, 2.75) is 59.0 Å². The highest BCUT2D eigenvalue weighted by atomic mass is 19.1. The van der Waals surface area contributed by atoms with Gasteiger partial charge in [0.1, 0.15) is 11.6 Å². The number of tetrazole rings is 1. The normalized spacial score (nSPS) is 16.4. The fourth-order valence-corrected chi connectivity index (χ4v) is 2.86. The van der Waals surface area contributed by atoms with Crippen molar-refractivity contribution in [3.05, 3.63) is 65.5 Å². The number of allylic oxidation sites excluding steroid dienone is 2. The van der Waals surface area contributed by atoms with Crippen molar-refractivity contribution >= 4 is 5.71 Å². The minimum atomic E-state index is -0.525. The van der Waals surface area contributed by atoms with Crippen molar-refractivity contribution in [2.75, 3.05) is 0 Å². The zero-order chi connectivity index (χ0) is 20.5. The van der Waals surface area contributed by atoms with Gasteiger partial charge in [-0.3, -0.25) is 4.99 Å². The van der Waals surface area contributed by atoms with Crippen molar-refractivity contribution < 1.29 is 8.78 Å². The average molecular weight is 387 g/mol. The van der Waals surface area contributed by atoms with Gasteiger partial charge in [-0.1, -0.05) is 30.7 Å². The molecule has 2 heterocycles. The molecule has 0 spiro atoms. The quantitative estimate of drug-likeness (QED) is 0.676. The third kappa shape index (κ3) is 5.65. The molecule has 150 valence electrons. The Morgan fingerprint density at radius 1 is 1.32 bits per heavy atom. The number of halogens is 2. The van der Waals surface area contributed by atoms with Crippen LogP contribution in [0.1, 0.15) is 51.4 Å². The molecule has 0 fully saturated rings. The third-order valence-electron chi connectivity index (χ3n) is 4.44. The third-order valence-corrected chi connectivity index (χ3v) is 4.44. The second-order valence-corrected chi connectivity index (χ2v) is 6.55. The van der Waals surface area contributed by atoms with Gasteiger partial charge in [0.2, 0.25) is 0 Å². The first kappa shape index (κ1) is 21.6. The number of aliphatic imine (C=N–C) groups is 1. The van der Waals surface area contributed by atoms with E-state index in [2.05, 4.69) is 33.9 Å². The first-order valence-corrected chi connectivity index (χ1v) is 9.51. The zero-order valence-corrected chi connectivity index (χ0v) is 16.7. The number of hydrogen-bond donors (Lipinski definition) is 0. The molecule has 28 heavy (non-hydrogen) atoms. The van der Waals surface area contributed by atoms with Gasteiger partial charge >= 0.3 is 0 Å². The van der Waals surface area contributed by atoms with E-state index in [0.717, 1.165) is 30.8 Å². The van der Waals surface area contributed by atoms with Crippen LogP contribution in [-0.4, -0.2) is 32.0 Å². The maximum atomic E-state index is 13.6. The van der Waals surface area contributed by atoms with Crippen LogP contribution in [0.2, 0.25) is 0 Å². The highest BCUT2D eigenvalue weighted by Crippen LogP contribution is 2.26. The summed E-state index contributed by atoms with van der Waals surface area (Å²) in [6.07, 6.45) is 6.96. The Labute approximate surface area is 164 Å². The topological polar surface area (TPSA) is 56.0 Å². The predicted octanol–water partition coefficient (Wildman–Crippen LogP) is 4.69. The minimum absolute atomic E-state index is 0.0407. The van der Waals surface area contributed by atoms with Crippen molar-refractivity contribution in [1.29, 1.82) is 0 Å². The van der Waals surface area contributed by atoms with Gasteiger partial charge in [0, 0.05) is 12.1 Å². The van der Waals surface area contributed by atoms with Crippen molar-refractivity contribution in [2.24, 2.45) is 4.99 Å². The molecule has 0 radical (unpaired) electrons.